The standard InChI is InChI=1S/C10H10N2/c1-11-10-3-2-8-4-5-12-7-9(8)6-10/h2-3,6,12H,4-5,7H2. The molecule has 0 unspecified atom stereocenters. The van der Waals surface area contributed by atoms with Crippen LogP contribution in [0.15, 0.2) is 18.2 Å². The van der Waals surface area contributed by atoms with E-state index in [9.17, 15) is 0 Å². The van der Waals surface area contributed by atoms with E-state index in [1.807, 2.05) is 12.1 Å². The van der Waals surface area contributed by atoms with Crippen molar-refractivity contribution >= 4 is 5.69 Å². The van der Waals surface area contributed by atoms with Crippen molar-refractivity contribution < 1.29 is 0 Å². The van der Waals surface area contributed by atoms with E-state index in [1.165, 1.54) is 11.1 Å². The Hall–Kier alpha value is -1.33. The fraction of sp³-hybridized carbons (Fsp3) is 0.300. The zero-order chi connectivity index (χ0) is 8.39. The first kappa shape index (κ1) is 7.33. The lowest BCUT2D eigenvalue weighted by Crippen LogP contribution is -2.23. The van der Waals surface area contributed by atoms with Gasteiger partial charge in [-0.2, -0.15) is 0 Å². The highest BCUT2D eigenvalue weighted by atomic mass is 14.9. The molecule has 0 saturated heterocycles. The number of benzene rings is 1. The lowest BCUT2D eigenvalue weighted by molar-refractivity contribution is 0.644. The van der Waals surface area contributed by atoms with Gasteiger partial charge in [0.15, 0.2) is 5.69 Å². The van der Waals surface area contributed by atoms with E-state index in [0.29, 0.717) is 0 Å². The van der Waals surface area contributed by atoms with Crippen molar-refractivity contribution in [3.63, 3.8) is 0 Å². The smallest absolute Gasteiger partial charge is 0.187 e. The van der Waals surface area contributed by atoms with Gasteiger partial charge in [0, 0.05) is 6.54 Å². The number of nitrogens with one attached hydrogen (secondary N) is 1. The number of hydrogen-bond donors (Lipinski definition) is 1. The molecule has 2 heteroatoms. The van der Waals surface area contributed by atoms with E-state index in [1.54, 1.807) is 0 Å². The summed E-state index contributed by atoms with van der Waals surface area (Å²) in [6.45, 7) is 8.84. The number of nitrogens with zero attached hydrogens (tertiary/aromatic N) is 1. The van der Waals surface area contributed by atoms with Crippen LogP contribution < -0.4 is 5.32 Å². The molecule has 1 N–H and O–H groups in total. The summed E-state index contributed by atoms with van der Waals surface area (Å²) >= 11 is 0. The van der Waals surface area contributed by atoms with Gasteiger partial charge in [0.25, 0.3) is 0 Å². The molecule has 0 spiro atoms. The minimum atomic E-state index is 0.748. The molecule has 0 radical (unpaired) electrons. The maximum atomic E-state index is 6.87. The van der Waals surface area contributed by atoms with Crippen molar-refractivity contribution in [2.75, 3.05) is 6.54 Å². The van der Waals surface area contributed by atoms with Gasteiger partial charge in [-0.1, -0.05) is 18.2 Å². The number of rotatable bonds is 0. The van der Waals surface area contributed by atoms with Gasteiger partial charge in [-0.3, -0.25) is 0 Å². The van der Waals surface area contributed by atoms with E-state index < -0.39 is 0 Å². The zero-order valence-corrected chi connectivity index (χ0v) is 6.80. The highest BCUT2D eigenvalue weighted by Crippen LogP contribution is 2.20. The molecule has 0 bridgehead atoms. The molecule has 2 nitrogen and oxygen atoms in total. The SMILES string of the molecule is [C-]#[N+]c1ccc2c(c1)CNCC2. The van der Waals surface area contributed by atoms with Crippen LogP contribution in [0.1, 0.15) is 11.1 Å². The van der Waals surface area contributed by atoms with Crippen molar-refractivity contribution in [2.24, 2.45) is 0 Å². The summed E-state index contributed by atoms with van der Waals surface area (Å²) in [7, 11) is 0. The molecule has 1 aliphatic heterocycles. The summed E-state index contributed by atoms with van der Waals surface area (Å²) < 4.78 is 0. The summed E-state index contributed by atoms with van der Waals surface area (Å²) in [5, 5.41) is 3.29. The van der Waals surface area contributed by atoms with Crippen LogP contribution in [-0.4, -0.2) is 6.54 Å². The third-order valence-corrected chi connectivity index (χ3v) is 2.21. The Labute approximate surface area is 72.0 Å². The van der Waals surface area contributed by atoms with Crippen molar-refractivity contribution in [1.29, 1.82) is 0 Å². The van der Waals surface area contributed by atoms with E-state index in [2.05, 4.69) is 16.2 Å². The molecule has 1 aromatic carbocycles. The van der Waals surface area contributed by atoms with Crippen LogP contribution in [0.3, 0.4) is 0 Å². The molecule has 0 aliphatic carbocycles. The van der Waals surface area contributed by atoms with Gasteiger partial charge in [-0.25, -0.2) is 4.85 Å². The van der Waals surface area contributed by atoms with Gasteiger partial charge in [-0.15, -0.1) is 0 Å². The molecule has 0 amide bonds. The molecule has 1 heterocycles. The Morgan fingerprint density at radius 1 is 1.33 bits per heavy atom. The highest BCUT2D eigenvalue weighted by molar-refractivity contribution is 5.50. The lowest BCUT2D eigenvalue weighted by Gasteiger charge is -2.16. The second-order valence-electron chi connectivity index (χ2n) is 2.99. The van der Waals surface area contributed by atoms with Crippen LogP contribution >= 0.6 is 0 Å². The van der Waals surface area contributed by atoms with Crippen molar-refractivity contribution in [1.82, 2.24) is 5.32 Å². The first-order valence-electron chi connectivity index (χ1n) is 4.10. The molecule has 0 atom stereocenters. The maximum absolute atomic E-state index is 6.87. The summed E-state index contributed by atoms with van der Waals surface area (Å²) in [6.07, 6.45) is 1.09. The molecule has 60 valence electrons. The van der Waals surface area contributed by atoms with Gasteiger partial charge >= 0.3 is 0 Å². The van der Waals surface area contributed by atoms with Gasteiger partial charge in [0.2, 0.25) is 0 Å². The third-order valence-electron chi connectivity index (χ3n) is 2.21. The summed E-state index contributed by atoms with van der Waals surface area (Å²) in [4.78, 5) is 3.40. The van der Waals surface area contributed by atoms with E-state index in [0.717, 1.165) is 25.2 Å². The van der Waals surface area contributed by atoms with Crippen LogP contribution in [0.5, 0.6) is 0 Å². The maximum Gasteiger partial charge on any atom is 0.187 e. The first-order chi connectivity index (χ1) is 5.90. The summed E-state index contributed by atoms with van der Waals surface area (Å²) in [5.74, 6) is 0. The first-order valence-corrected chi connectivity index (χ1v) is 4.10. The zero-order valence-electron chi connectivity index (χ0n) is 6.80. The average molecular weight is 158 g/mol. The fourth-order valence-electron chi connectivity index (χ4n) is 1.54. The van der Waals surface area contributed by atoms with Gasteiger partial charge < -0.3 is 5.32 Å². The van der Waals surface area contributed by atoms with Crippen LogP contribution in [0.2, 0.25) is 0 Å². The second kappa shape index (κ2) is 2.96. The van der Waals surface area contributed by atoms with E-state index in [4.69, 9.17) is 6.57 Å². The molecule has 0 aromatic heterocycles. The summed E-state index contributed by atoms with van der Waals surface area (Å²) in [6, 6.07) is 5.95. The molecule has 0 fully saturated rings. The van der Waals surface area contributed by atoms with Crippen LogP contribution in [-0.2, 0) is 13.0 Å². The van der Waals surface area contributed by atoms with Crippen molar-refractivity contribution in [3.05, 3.63) is 40.7 Å². The van der Waals surface area contributed by atoms with E-state index in [-0.39, 0.29) is 0 Å². The number of hydrogen-bond acceptors (Lipinski definition) is 1. The molecular weight excluding hydrogens is 148 g/mol. The predicted octanol–water partition coefficient (Wildman–Crippen LogP) is 1.88. The highest BCUT2D eigenvalue weighted by Gasteiger charge is 2.07. The molecule has 0 saturated carbocycles. The Balaban J connectivity index is 2.44. The van der Waals surface area contributed by atoms with Gasteiger partial charge in [0.05, 0.1) is 6.57 Å². The number of fused-ring (bicyclic) bond motifs is 1. The quantitative estimate of drug-likeness (QED) is 0.570. The normalized spacial score (nSPS) is 14.9. The third kappa shape index (κ3) is 1.19. The van der Waals surface area contributed by atoms with Crippen LogP contribution in [0.4, 0.5) is 5.69 Å². The van der Waals surface area contributed by atoms with Gasteiger partial charge in [-0.05, 0) is 24.1 Å². The lowest BCUT2D eigenvalue weighted by atomic mass is 10.0. The molecule has 2 rings (SSSR count). The monoisotopic (exact) mass is 158 g/mol. The largest absolute Gasteiger partial charge is 0.312 e. The molecular formula is C10H10N2. The molecule has 12 heavy (non-hydrogen) atoms. The molecule has 1 aromatic rings. The van der Waals surface area contributed by atoms with Crippen LogP contribution in [0, 0.1) is 6.57 Å². The fourth-order valence-corrected chi connectivity index (χ4v) is 1.54. The summed E-state index contributed by atoms with van der Waals surface area (Å²) in [5.41, 5.74) is 3.42. The van der Waals surface area contributed by atoms with E-state index >= 15 is 0 Å². The Kier molecular flexibility index (Phi) is 1.81. The predicted molar refractivity (Wildman–Crippen MR) is 48.1 cm³/mol. The minimum Gasteiger partial charge on any atom is -0.312 e. The van der Waals surface area contributed by atoms with Crippen molar-refractivity contribution in [2.45, 2.75) is 13.0 Å². The second-order valence-corrected chi connectivity index (χ2v) is 2.99. The van der Waals surface area contributed by atoms with Gasteiger partial charge in [0.1, 0.15) is 0 Å². The average Bonchev–Trinajstić information content (AvgIpc) is 2.17. The Bertz CT molecular complexity index is 336. The minimum absolute atomic E-state index is 0.748. The molecule has 1 aliphatic rings. The van der Waals surface area contributed by atoms with Crippen LogP contribution in [0.25, 0.3) is 4.85 Å². The van der Waals surface area contributed by atoms with Crippen molar-refractivity contribution in [3.8, 4) is 0 Å². The Morgan fingerprint density at radius 3 is 3.08 bits per heavy atom. The Morgan fingerprint density at radius 2 is 2.25 bits per heavy atom. The topological polar surface area (TPSA) is 16.4 Å².